The first-order valence-electron chi connectivity index (χ1n) is 9.43. The van der Waals surface area contributed by atoms with Crippen molar-refractivity contribution in [2.45, 2.75) is 20.3 Å². The number of aromatic nitrogens is 3. The van der Waals surface area contributed by atoms with Crippen LogP contribution in [0.2, 0.25) is 0 Å². The standard InChI is InChI=1S/C18H17N3O3.C5H8O2/c1-12(2)18(23)24-10-9-13-7-8-17(22)16(11-13)21-19-14-5-3-4-6-15(14)20-21;1-4(2)5(6)7-3/h3-8,11,22H,1,9-10H2,2H3;1H2,2-3H3. The first-order valence-corrected chi connectivity index (χ1v) is 9.43. The third-order valence-electron chi connectivity index (χ3n) is 4.05. The lowest BCUT2D eigenvalue weighted by Gasteiger charge is -2.08. The molecule has 0 radical (unpaired) electrons. The third kappa shape index (κ3) is 6.53. The lowest BCUT2D eigenvalue weighted by atomic mass is 10.1. The minimum atomic E-state index is -0.408. The molecule has 162 valence electrons. The fraction of sp³-hybridized carbons (Fsp3) is 0.217. The molecule has 3 aromatic rings. The molecule has 0 atom stereocenters. The maximum Gasteiger partial charge on any atom is 0.333 e. The fourth-order valence-corrected chi connectivity index (χ4v) is 2.41. The normalized spacial score (nSPS) is 10.0. The van der Waals surface area contributed by atoms with Crippen LogP contribution in [0, 0.1) is 0 Å². The van der Waals surface area contributed by atoms with Gasteiger partial charge in [0.2, 0.25) is 0 Å². The van der Waals surface area contributed by atoms with E-state index in [4.69, 9.17) is 4.74 Å². The quantitative estimate of drug-likeness (QED) is 0.478. The van der Waals surface area contributed by atoms with E-state index in [1.54, 1.807) is 32.0 Å². The number of esters is 2. The number of phenolic OH excluding ortho intramolecular Hbond substituents is 1. The summed E-state index contributed by atoms with van der Waals surface area (Å²) >= 11 is 0. The molecule has 0 aliphatic heterocycles. The molecule has 0 saturated heterocycles. The average molecular weight is 423 g/mol. The molecule has 31 heavy (non-hydrogen) atoms. The second-order valence-electron chi connectivity index (χ2n) is 6.74. The molecule has 0 spiro atoms. The van der Waals surface area contributed by atoms with Crippen molar-refractivity contribution in [1.29, 1.82) is 0 Å². The molecular formula is C23H25N3O5. The van der Waals surface area contributed by atoms with Gasteiger partial charge in [0.1, 0.15) is 22.5 Å². The molecule has 0 aliphatic carbocycles. The number of aromatic hydroxyl groups is 1. The Morgan fingerprint density at radius 2 is 1.58 bits per heavy atom. The molecule has 1 aromatic heterocycles. The molecule has 1 N–H and O–H groups in total. The number of fused-ring (bicyclic) bond motifs is 1. The maximum absolute atomic E-state index is 11.4. The summed E-state index contributed by atoms with van der Waals surface area (Å²) in [5.41, 5.74) is 3.68. The summed E-state index contributed by atoms with van der Waals surface area (Å²) in [6, 6.07) is 12.6. The highest BCUT2D eigenvalue weighted by molar-refractivity contribution is 5.87. The zero-order valence-electron chi connectivity index (χ0n) is 17.8. The molecule has 0 fully saturated rings. The van der Waals surface area contributed by atoms with E-state index in [9.17, 15) is 14.7 Å². The van der Waals surface area contributed by atoms with E-state index in [1.165, 1.54) is 11.9 Å². The monoisotopic (exact) mass is 423 g/mol. The van der Waals surface area contributed by atoms with Gasteiger partial charge < -0.3 is 14.6 Å². The lowest BCUT2D eigenvalue weighted by Crippen LogP contribution is -2.08. The summed E-state index contributed by atoms with van der Waals surface area (Å²) in [7, 11) is 1.33. The van der Waals surface area contributed by atoms with Gasteiger partial charge in [0.05, 0.1) is 13.7 Å². The number of hydrogen-bond acceptors (Lipinski definition) is 7. The van der Waals surface area contributed by atoms with Crippen molar-refractivity contribution in [3.63, 3.8) is 0 Å². The van der Waals surface area contributed by atoms with Gasteiger partial charge in [-0.15, -0.1) is 15.0 Å². The Morgan fingerprint density at radius 3 is 2.06 bits per heavy atom. The summed E-state index contributed by atoms with van der Waals surface area (Å²) in [6.07, 6.45) is 0.521. The van der Waals surface area contributed by atoms with Crippen molar-refractivity contribution >= 4 is 23.0 Å². The van der Waals surface area contributed by atoms with Crippen LogP contribution >= 0.6 is 0 Å². The van der Waals surface area contributed by atoms with Crippen molar-refractivity contribution in [1.82, 2.24) is 15.0 Å². The first-order chi connectivity index (χ1) is 14.7. The summed E-state index contributed by atoms with van der Waals surface area (Å²) < 4.78 is 9.37. The summed E-state index contributed by atoms with van der Waals surface area (Å²) in [6.45, 7) is 10.3. The van der Waals surface area contributed by atoms with E-state index < -0.39 is 5.97 Å². The van der Waals surface area contributed by atoms with Crippen LogP contribution in [0.1, 0.15) is 19.4 Å². The Kier molecular flexibility index (Phi) is 8.08. The average Bonchev–Trinajstić information content (AvgIpc) is 3.18. The van der Waals surface area contributed by atoms with E-state index in [-0.39, 0.29) is 18.3 Å². The van der Waals surface area contributed by atoms with Crippen LogP contribution in [0.3, 0.4) is 0 Å². The highest BCUT2D eigenvalue weighted by Gasteiger charge is 2.10. The molecule has 0 saturated carbocycles. The van der Waals surface area contributed by atoms with E-state index in [1.807, 2.05) is 24.3 Å². The number of ether oxygens (including phenoxy) is 2. The number of carbonyl (C=O) groups excluding carboxylic acids is 2. The van der Waals surface area contributed by atoms with Gasteiger partial charge in [0.15, 0.2) is 0 Å². The highest BCUT2D eigenvalue weighted by atomic mass is 16.5. The Labute approximate surface area is 180 Å². The molecule has 0 bridgehead atoms. The van der Waals surface area contributed by atoms with Crippen LogP contribution in [-0.4, -0.2) is 45.8 Å². The van der Waals surface area contributed by atoms with E-state index in [0.717, 1.165) is 16.6 Å². The maximum atomic E-state index is 11.4. The fourth-order valence-electron chi connectivity index (χ4n) is 2.41. The summed E-state index contributed by atoms with van der Waals surface area (Å²) in [4.78, 5) is 23.0. The molecule has 8 nitrogen and oxygen atoms in total. The number of hydrogen-bond donors (Lipinski definition) is 1. The topological polar surface area (TPSA) is 104 Å². The van der Waals surface area contributed by atoms with Crippen molar-refractivity contribution in [2.75, 3.05) is 13.7 Å². The van der Waals surface area contributed by atoms with Crippen molar-refractivity contribution in [3.8, 4) is 11.4 Å². The van der Waals surface area contributed by atoms with Gasteiger partial charge in [0, 0.05) is 17.6 Å². The van der Waals surface area contributed by atoms with Crippen LogP contribution in [0.5, 0.6) is 5.75 Å². The number of rotatable bonds is 6. The number of carbonyl (C=O) groups is 2. The van der Waals surface area contributed by atoms with Gasteiger partial charge in [-0.1, -0.05) is 31.4 Å². The highest BCUT2D eigenvalue weighted by Crippen LogP contribution is 2.23. The van der Waals surface area contributed by atoms with Crippen molar-refractivity contribution < 1.29 is 24.2 Å². The van der Waals surface area contributed by atoms with Gasteiger partial charge >= 0.3 is 11.9 Å². The Morgan fingerprint density at radius 1 is 1.00 bits per heavy atom. The second-order valence-corrected chi connectivity index (χ2v) is 6.74. The zero-order chi connectivity index (χ0) is 23.0. The molecule has 0 unspecified atom stereocenters. The molecule has 8 heteroatoms. The minimum absolute atomic E-state index is 0.0815. The minimum Gasteiger partial charge on any atom is -0.506 e. The Bertz CT molecular complexity index is 1080. The predicted molar refractivity (Wildman–Crippen MR) is 117 cm³/mol. The molecule has 2 aromatic carbocycles. The van der Waals surface area contributed by atoms with Crippen LogP contribution < -0.4 is 0 Å². The largest absolute Gasteiger partial charge is 0.506 e. The van der Waals surface area contributed by atoms with Crippen LogP contribution in [0.4, 0.5) is 0 Å². The molecular weight excluding hydrogens is 398 g/mol. The van der Waals surface area contributed by atoms with E-state index in [2.05, 4.69) is 28.1 Å². The van der Waals surface area contributed by atoms with E-state index in [0.29, 0.717) is 23.3 Å². The second kappa shape index (κ2) is 10.7. The number of phenols is 1. The van der Waals surface area contributed by atoms with Crippen LogP contribution in [0.15, 0.2) is 66.8 Å². The molecule has 0 aliphatic rings. The lowest BCUT2D eigenvalue weighted by molar-refractivity contribution is -0.139. The zero-order valence-corrected chi connectivity index (χ0v) is 17.8. The molecule has 1 heterocycles. The third-order valence-corrected chi connectivity index (χ3v) is 4.05. The van der Waals surface area contributed by atoms with Crippen LogP contribution in [-0.2, 0) is 25.5 Å². The van der Waals surface area contributed by atoms with Gasteiger partial charge in [-0.05, 0) is 43.7 Å². The summed E-state index contributed by atoms with van der Waals surface area (Å²) in [5, 5.41) is 18.8. The van der Waals surface area contributed by atoms with E-state index >= 15 is 0 Å². The number of nitrogens with zero attached hydrogens (tertiary/aromatic N) is 3. The van der Waals surface area contributed by atoms with Gasteiger partial charge in [-0.2, -0.15) is 0 Å². The van der Waals surface area contributed by atoms with Gasteiger partial charge in [-0.25, -0.2) is 9.59 Å². The van der Waals surface area contributed by atoms with Crippen molar-refractivity contribution in [3.05, 3.63) is 72.3 Å². The summed E-state index contributed by atoms with van der Waals surface area (Å²) in [5.74, 6) is -0.674. The predicted octanol–water partition coefficient (Wildman–Crippen LogP) is 3.52. The van der Waals surface area contributed by atoms with Gasteiger partial charge in [0.25, 0.3) is 0 Å². The molecule has 3 rings (SSSR count). The molecule has 0 amide bonds. The Balaban J connectivity index is 0.000000423. The SMILES string of the molecule is C=C(C)C(=O)OC.C=C(C)C(=O)OCCc1ccc(O)c(-n2nc3ccccc3n2)c1. The Hall–Kier alpha value is -3.94. The van der Waals surface area contributed by atoms with Crippen LogP contribution in [0.25, 0.3) is 16.7 Å². The smallest absolute Gasteiger partial charge is 0.333 e. The number of benzene rings is 2. The van der Waals surface area contributed by atoms with Gasteiger partial charge in [-0.3, -0.25) is 0 Å². The first kappa shape index (κ1) is 23.3. The van der Waals surface area contributed by atoms with Crippen molar-refractivity contribution in [2.24, 2.45) is 0 Å². The number of methoxy groups -OCH3 is 1.